The fraction of sp³-hybridized carbons (Fsp3) is 0.526. The molecule has 2 aromatic heterocycles. The number of hydrogen-bond acceptors (Lipinski definition) is 5. The lowest BCUT2D eigenvalue weighted by atomic mass is 10.3. The number of nitrogens with zero attached hydrogens (tertiary/aromatic N) is 7. The van der Waals surface area contributed by atoms with E-state index in [1.807, 2.05) is 13.1 Å². The predicted octanol–water partition coefficient (Wildman–Crippen LogP) is 1.41. The molecule has 0 atom stereocenters. The molecular formula is C19H29BrN8. The molecule has 0 radical (unpaired) electrons. The predicted molar refractivity (Wildman–Crippen MR) is 117 cm³/mol. The third kappa shape index (κ3) is 5.45. The lowest BCUT2D eigenvalue weighted by molar-refractivity contribution is 0.259. The number of rotatable bonds is 6. The number of aliphatic imine (C=N–C) groups is 1. The minimum atomic E-state index is 0.803. The van der Waals surface area contributed by atoms with Crippen molar-refractivity contribution in [2.75, 3.05) is 58.3 Å². The summed E-state index contributed by atoms with van der Waals surface area (Å²) >= 11 is 3.53. The second-order valence-electron chi connectivity index (χ2n) is 6.97. The van der Waals surface area contributed by atoms with Crippen molar-refractivity contribution in [2.24, 2.45) is 12.0 Å². The third-order valence-electron chi connectivity index (χ3n) is 4.97. The van der Waals surface area contributed by atoms with Crippen molar-refractivity contribution in [1.82, 2.24) is 29.7 Å². The quantitative estimate of drug-likeness (QED) is 0.532. The Morgan fingerprint density at radius 1 is 1.25 bits per heavy atom. The number of anilines is 1. The van der Waals surface area contributed by atoms with Crippen LogP contribution in [0.25, 0.3) is 0 Å². The molecule has 28 heavy (non-hydrogen) atoms. The number of hydrogen-bond donors (Lipinski definition) is 1. The van der Waals surface area contributed by atoms with E-state index in [-0.39, 0.29) is 0 Å². The van der Waals surface area contributed by atoms with Crippen molar-refractivity contribution in [3.8, 4) is 0 Å². The van der Waals surface area contributed by atoms with Gasteiger partial charge in [-0.3, -0.25) is 9.89 Å². The van der Waals surface area contributed by atoms with Crippen molar-refractivity contribution in [3.63, 3.8) is 0 Å². The topological polar surface area (TPSA) is 64.8 Å². The molecule has 0 aromatic carbocycles. The summed E-state index contributed by atoms with van der Waals surface area (Å²) in [5, 5.41) is 3.48. The van der Waals surface area contributed by atoms with Gasteiger partial charge >= 0.3 is 0 Å². The summed E-state index contributed by atoms with van der Waals surface area (Å²) in [6.45, 7) is 6.62. The zero-order valence-electron chi connectivity index (χ0n) is 16.8. The largest absolute Gasteiger partial charge is 0.355 e. The van der Waals surface area contributed by atoms with Crippen LogP contribution in [0, 0.1) is 0 Å². The highest BCUT2D eigenvalue weighted by Crippen LogP contribution is 2.15. The van der Waals surface area contributed by atoms with Crippen molar-refractivity contribution in [2.45, 2.75) is 6.54 Å². The number of halogens is 1. The fourth-order valence-corrected chi connectivity index (χ4v) is 3.95. The van der Waals surface area contributed by atoms with E-state index in [2.05, 4.69) is 81.8 Å². The number of aryl methyl sites for hydroxylation is 1. The minimum absolute atomic E-state index is 0.803. The monoisotopic (exact) mass is 448 g/mol. The average molecular weight is 449 g/mol. The van der Waals surface area contributed by atoms with Gasteiger partial charge in [-0.15, -0.1) is 0 Å². The van der Waals surface area contributed by atoms with Crippen LogP contribution in [0.2, 0.25) is 0 Å². The van der Waals surface area contributed by atoms with Crippen LogP contribution in [-0.2, 0) is 13.6 Å². The molecular weight excluding hydrogens is 420 g/mol. The fourth-order valence-electron chi connectivity index (χ4n) is 3.38. The first kappa shape index (κ1) is 20.6. The first-order valence-electron chi connectivity index (χ1n) is 9.53. The first-order chi connectivity index (χ1) is 13.6. The van der Waals surface area contributed by atoms with E-state index in [9.17, 15) is 0 Å². The molecule has 0 aliphatic carbocycles. The van der Waals surface area contributed by atoms with Crippen LogP contribution in [0.3, 0.4) is 0 Å². The number of piperazine rings is 1. The van der Waals surface area contributed by atoms with E-state index in [0.29, 0.717) is 0 Å². The summed E-state index contributed by atoms with van der Waals surface area (Å²) in [4.78, 5) is 20.0. The molecule has 1 aliphatic heterocycles. The van der Waals surface area contributed by atoms with E-state index < -0.39 is 0 Å². The molecule has 0 saturated carbocycles. The summed E-state index contributed by atoms with van der Waals surface area (Å²) in [5.41, 5.74) is 1.23. The van der Waals surface area contributed by atoms with Gasteiger partial charge in [0.1, 0.15) is 0 Å². The van der Waals surface area contributed by atoms with Crippen LogP contribution in [0.5, 0.6) is 0 Å². The molecule has 0 bridgehead atoms. The third-order valence-corrected chi connectivity index (χ3v) is 5.40. The maximum Gasteiger partial charge on any atom is 0.225 e. The molecule has 3 rings (SSSR count). The second kappa shape index (κ2) is 9.88. The van der Waals surface area contributed by atoms with Gasteiger partial charge in [-0.05, 0) is 28.1 Å². The van der Waals surface area contributed by atoms with Gasteiger partial charge in [-0.1, -0.05) is 0 Å². The normalized spacial score (nSPS) is 15.7. The number of guanidine groups is 1. The van der Waals surface area contributed by atoms with Gasteiger partial charge in [-0.2, -0.15) is 0 Å². The van der Waals surface area contributed by atoms with Gasteiger partial charge in [-0.25, -0.2) is 9.97 Å². The van der Waals surface area contributed by atoms with Gasteiger partial charge in [0.05, 0.1) is 6.54 Å². The molecule has 0 unspecified atom stereocenters. The lowest BCUT2D eigenvalue weighted by Crippen LogP contribution is -2.49. The molecule has 1 fully saturated rings. The number of nitrogens with one attached hydrogen (secondary N) is 1. The highest BCUT2D eigenvalue weighted by Gasteiger charge is 2.18. The summed E-state index contributed by atoms with van der Waals surface area (Å²) < 4.78 is 3.23. The summed E-state index contributed by atoms with van der Waals surface area (Å²) in [6, 6.07) is 3.99. The Morgan fingerprint density at radius 2 is 1.96 bits per heavy atom. The molecule has 1 saturated heterocycles. The Bertz CT molecular complexity index is 767. The van der Waals surface area contributed by atoms with E-state index in [0.717, 1.165) is 62.2 Å². The van der Waals surface area contributed by atoms with E-state index >= 15 is 0 Å². The lowest BCUT2D eigenvalue weighted by Gasteiger charge is -2.34. The van der Waals surface area contributed by atoms with Gasteiger partial charge in [0.2, 0.25) is 5.95 Å². The summed E-state index contributed by atoms with van der Waals surface area (Å²) in [7, 11) is 5.96. The van der Waals surface area contributed by atoms with Crippen LogP contribution >= 0.6 is 15.9 Å². The van der Waals surface area contributed by atoms with Crippen LogP contribution in [-0.4, -0.2) is 83.7 Å². The Hall–Kier alpha value is -2.13. The van der Waals surface area contributed by atoms with Crippen LogP contribution in [0.1, 0.15) is 5.69 Å². The highest BCUT2D eigenvalue weighted by molar-refractivity contribution is 9.10. The van der Waals surface area contributed by atoms with E-state index in [1.54, 1.807) is 12.4 Å². The molecule has 8 nitrogen and oxygen atoms in total. The summed E-state index contributed by atoms with van der Waals surface area (Å²) in [5.74, 6) is 1.74. The molecule has 1 aliphatic rings. The van der Waals surface area contributed by atoms with Gasteiger partial charge in [0.25, 0.3) is 0 Å². The summed E-state index contributed by atoms with van der Waals surface area (Å²) in [6.07, 6.45) is 5.67. The second-order valence-corrected chi connectivity index (χ2v) is 7.88. The molecule has 1 N–H and O–H groups in total. The van der Waals surface area contributed by atoms with Crippen LogP contribution in [0.4, 0.5) is 5.95 Å². The van der Waals surface area contributed by atoms with Crippen molar-refractivity contribution in [1.29, 1.82) is 0 Å². The highest BCUT2D eigenvalue weighted by atomic mass is 79.9. The van der Waals surface area contributed by atoms with Crippen molar-refractivity contribution < 1.29 is 0 Å². The van der Waals surface area contributed by atoms with Crippen LogP contribution in [0.15, 0.2) is 40.2 Å². The van der Waals surface area contributed by atoms with Crippen molar-refractivity contribution in [3.05, 3.63) is 40.9 Å². The Balaban J connectivity index is 1.41. The first-order valence-corrected chi connectivity index (χ1v) is 10.3. The maximum atomic E-state index is 4.42. The maximum absolute atomic E-state index is 4.42. The molecule has 152 valence electrons. The van der Waals surface area contributed by atoms with Gasteiger partial charge in [0, 0.05) is 89.2 Å². The van der Waals surface area contributed by atoms with E-state index in [1.165, 1.54) is 5.69 Å². The zero-order valence-corrected chi connectivity index (χ0v) is 18.4. The molecule has 2 aromatic rings. The van der Waals surface area contributed by atoms with Crippen LogP contribution < -0.4 is 10.2 Å². The molecule has 0 amide bonds. The Labute approximate surface area is 175 Å². The smallest absolute Gasteiger partial charge is 0.225 e. The van der Waals surface area contributed by atoms with E-state index in [4.69, 9.17) is 0 Å². The van der Waals surface area contributed by atoms with Gasteiger partial charge in [0.15, 0.2) is 5.96 Å². The minimum Gasteiger partial charge on any atom is -0.355 e. The molecule has 9 heteroatoms. The SMILES string of the molecule is CN=C(NCCN1CCN(c2ncccn2)CC1)N(C)Cc1cc(Br)cn1C. The van der Waals surface area contributed by atoms with Gasteiger partial charge < -0.3 is 19.7 Å². The Morgan fingerprint density at radius 3 is 2.57 bits per heavy atom. The number of aromatic nitrogens is 3. The van der Waals surface area contributed by atoms with Crippen molar-refractivity contribution >= 4 is 27.8 Å². The Kier molecular flexibility index (Phi) is 7.27. The zero-order chi connectivity index (χ0) is 19.9. The standard InChI is InChI=1S/C19H29BrN8/c1-21-18(26(3)15-17-13-16(20)14-25(17)2)24-7-8-27-9-11-28(12-10-27)19-22-5-4-6-23-19/h4-6,13-14H,7-12,15H2,1-3H3,(H,21,24). The molecule has 0 spiro atoms. The molecule has 3 heterocycles. The average Bonchev–Trinajstić information content (AvgIpc) is 3.03.